The monoisotopic (exact) mass is 236 g/mol. The van der Waals surface area contributed by atoms with Gasteiger partial charge in [0.25, 0.3) is 0 Å². The SMILES string of the molecule is COc1cc(F)cc(Br)c1S. The van der Waals surface area contributed by atoms with Gasteiger partial charge in [-0.1, -0.05) is 0 Å². The lowest BCUT2D eigenvalue weighted by atomic mass is 10.3. The minimum absolute atomic E-state index is 0.341. The first-order chi connectivity index (χ1) is 5.15. The Labute approximate surface area is 78.1 Å². The van der Waals surface area contributed by atoms with Gasteiger partial charge in [0.2, 0.25) is 0 Å². The van der Waals surface area contributed by atoms with E-state index in [4.69, 9.17) is 4.74 Å². The van der Waals surface area contributed by atoms with Crippen LogP contribution in [0.15, 0.2) is 21.5 Å². The lowest BCUT2D eigenvalue weighted by molar-refractivity contribution is 0.400. The first kappa shape index (κ1) is 8.87. The Kier molecular flexibility index (Phi) is 2.78. The molecule has 1 aromatic rings. The van der Waals surface area contributed by atoms with Crippen LogP contribution < -0.4 is 4.74 Å². The summed E-state index contributed by atoms with van der Waals surface area (Å²) in [5, 5.41) is 0. The van der Waals surface area contributed by atoms with E-state index in [1.807, 2.05) is 0 Å². The summed E-state index contributed by atoms with van der Waals surface area (Å²) in [4.78, 5) is 0.605. The molecule has 60 valence electrons. The molecule has 0 heterocycles. The predicted octanol–water partition coefficient (Wildman–Crippen LogP) is 2.89. The number of methoxy groups -OCH3 is 1. The maximum absolute atomic E-state index is 12.7. The van der Waals surface area contributed by atoms with Crippen LogP contribution in [0.1, 0.15) is 0 Å². The second-order valence-corrected chi connectivity index (χ2v) is 3.24. The molecule has 0 aliphatic heterocycles. The zero-order valence-electron chi connectivity index (χ0n) is 5.77. The van der Waals surface area contributed by atoms with E-state index in [1.54, 1.807) is 0 Å². The number of halogens is 2. The zero-order valence-corrected chi connectivity index (χ0v) is 8.25. The van der Waals surface area contributed by atoms with E-state index in [1.165, 1.54) is 19.2 Å². The van der Waals surface area contributed by atoms with Crippen molar-refractivity contribution in [1.29, 1.82) is 0 Å². The van der Waals surface area contributed by atoms with E-state index < -0.39 is 0 Å². The molecular formula is C7H6BrFOS. The summed E-state index contributed by atoms with van der Waals surface area (Å²) in [5.74, 6) is 0.0896. The third-order valence-electron chi connectivity index (χ3n) is 1.21. The second-order valence-electron chi connectivity index (χ2n) is 1.94. The fraction of sp³-hybridized carbons (Fsp3) is 0.143. The minimum Gasteiger partial charge on any atom is -0.495 e. The van der Waals surface area contributed by atoms with Crippen LogP contribution in [0.25, 0.3) is 0 Å². The van der Waals surface area contributed by atoms with Crippen molar-refractivity contribution in [3.05, 3.63) is 22.4 Å². The molecule has 0 radical (unpaired) electrons. The van der Waals surface area contributed by atoms with Gasteiger partial charge in [-0.25, -0.2) is 4.39 Å². The molecule has 1 nitrogen and oxygen atoms in total. The quantitative estimate of drug-likeness (QED) is 0.739. The second kappa shape index (κ2) is 3.45. The van der Waals surface area contributed by atoms with E-state index in [0.29, 0.717) is 15.1 Å². The highest BCUT2D eigenvalue weighted by Crippen LogP contribution is 2.31. The summed E-state index contributed by atoms with van der Waals surface area (Å²) in [6.45, 7) is 0. The lowest BCUT2D eigenvalue weighted by Gasteiger charge is -2.04. The number of hydrogen-bond acceptors (Lipinski definition) is 2. The highest BCUT2D eigenvalue weighted by Gasteiger charge is 2.05. The Hall–Kier alpha value is -0.220. The van der Waals surface area contributed by atoms with Crippen LogP contribution in [0.2, 0.25) is 0 Å². The molecule has 0 saturated carbocycles. The molecule has 0 amide bonds. The topological polar surface area (TPSA) is 9.23 Å². The van der Waals surface area contributed by atoms with Crippen LogP contribution in [0.5, 0.6) is 5.75 Å². The third kappa shape index (κ3) is 1.87. The molecule has 0 atom stereocenters. The van der Waals surface area contributed by atoms with Gasteiger partial charge in [-0.3, -0.25) is 0 Å². The summed E-state index contributed by atoms with van der Waals surface area (Å²) in [7, 11) is 1.47. The molecule has 0 aromatic heterocycles. The molecule has 0 fully saturated rings. The Morgan fingerprint density at radius 3 is 2.73 bits per heavy atom. The molecule has 0 saturated heterocycles. The molecule has 0 bridgehead atoms. The summed E-state index contributed by atoms with van der Waals surface area (Å²) >= 11 is 7.24. The molecule has 1 aromatic carbocycles. The Morgan fingerprint density at radius 1 is 1.55 bits per heavy atom. The van der Waals surface area contributed by atoms with Gasteiger partial charge >= 0.3 is 0 Å². The van der Waals surface area contributed by atoms with Gasteiger partial charge in [0.15, 0.2) is 0 Å². The van der Waals surface area contributed by atoms with E-state index in [0.717, 1.165) is 0 Å². The molecule has 11 heavy (non-hydrogen) atoms. The standard InChI is InChI=1S/C7H6BrFOS/c1-10-6-3-4(9)2-5(8)7(6)11/h2-3,11H,1H3. The van der Waals surface area contributed by atoms with Crippen molar-refractivity contribution in [3.8, 4) is 5.75 Å². The average molecular weight is 237 g/mol. The smallest absolute Gasteiger partial charge is 0.136 e. The molecule has 0 unspecified atom stereocenters. The molecular weight excluding hydrogens is 231 g/mol. The fourth-order valence-electron chi connectivity index (χ4n) is 0.698. The normalized spacial score (nSPS) is 9.82. The van der Waals surface area contributed by atoms with Crippen LogP contribution >= 0.6 is 28.6 Å². The van der Waals surface area contributed by atoms with Gasteiger partial charge in [0.1, 0.15) is 11.6 Å². The highest BCUT2D eigenvalue weighted by atomic mass is 79.9. The van der Waals surface area contributed by atoms with Gasteiger partial charge in [0, 0.05) is 10.5 Å². The summed E-state index contributed by atoms with van der Waals surface area (Å²) in [6, 6.07) is 2.62. The van der Waals surface area contributed by atoms with Crippen LogP contribution in [0, 0.1) is 5.82 Å². The largest absolute Gasteiger partial charge is 0.495 e. The Morgan fingerprint density at radius 2 is 2.18 bits per heavy atom. The molecule has 4 heteroatoms. The van der Waals surface area contributed by atoms with Gasteiger partial charge in [-0.2, -0.15) is 0 Å². The van der Waals surface area contributed by atoms with Crippen molar-refractivity contribution in [1.82, 2.24) is 0 Å². The van der Waals surface area contributed by atoms with Gasteiger partial charge in [-0.15, -0.1) is 12.6 Å². The molecule has 0 aliphatic rings. The molecule has 1 rings (SSSR count). The van der Waals surface area contributed by atoms with Crippen molar-refractivity contribution >= 4 is 28.6 Å². The molecule has 0 spiro atoms. The van der Waals surface area contributed by atoms with Crippen LogP contribution in [0.3, 0.4) is 0 Å². The number of rotatable bonds is 1. The number of ether oxygens (including phenoxy) is 1. The van der Waals surface area contributed by atoms with E-state index in [-0.39, 0.29) is 5.82 Å². The van der Waals surface area contributed by atoms with Crippen molar-refractivity contribution in [2.45, 2.75) is 4.90 Å². The van der Waals surface area contributed by atoms with Gasteiger partial charge in [-0.05, 0) is 22.0 Å². The first-order valence-electron chi connectivity index (χ1n) is 2.87. The highest BCUT2D eigenvalue weighted by molar-refractivity contribution is 9.10. The average Bonchev–Trinajstić information content (AvgIpc) is 1.96. The maximum atomic E-state index is 12.7. The zero-order chi connectivity index (χ0) is 8.43. The number of thiol groups is 1. The first-order valence-corrected chi connectivity index (χ1v) is 4.11. The van der Waals surface area contributed by atoms with Crippen molar-refractivity contribution in [2.24, 2.45) is 0 Å². The van der Waals surface area contributed by atoms with Crippen molar-refractivity contribution < 1.29 is 9.13 Å². The summed E-state index contributed by atoms with van der Waals surface area (Å²) < 4.78 is 18.1. The maximum Gasteiger partial charge on any atom is 0.136 e. The molecule has 0 aliphatic carbocycles. The minimum atomic E-state index is -0.341. The Balaban J connectivity index is 3.24. The van der Waals surface area contributed by atoms with Crippen molar-refractivity contribution in [3.63, 3.8) is 0 Å². The van der Waals surface area contributed by atoms with E-state index in [2.05, 4.69) is 28.6 Å². The van der Waals surface area contributed by atoms with Gasteiger partial charge < -0.3 is 4.74 Å². The van der Waals surface area contributed by atoms with Crippen LogP contribution in [0.4, 0.5) is 4.39 Å². The lowest BCUT2D eigenvalue weighted by Crippen LogP contribution is -1.87. The predicted molar refractivity (Wildman–Crippen MR) is 47.9 cm³/mol. The fourth-order valence-corrected chi connectivity index (χ4v) is 1.33. The Bertz CT molecular complexity index is 277. The van der Waals surface area contributed by atoms with E-state index in [9.17, 15) is 4.39 Å². The summed E-state index contributed by atoms with van der Waals surface area (Å²) in [6.07, 6.45) is 0. The summed E-state index contributed by atoms with van der Waals surface area (Å²) in [5.41, 5.74) is 0. The molecule has 0 N–H and O–H groups in total. The van der Waals surface area contributed by atoms with E-state index >= 15 is 0 Å². The number of benzene rings is 1. The number of hydrogen-bond donors (Lipinski definition) is 1. The van der Waals surface area contributed by atoms with Gasteiger partial charge in [0.05, 0.1) is 12.0 Å². The van der Waals surface area contributed by atoms with Crippen LogP contribution in [-0.4, -0.2) is 7.11 Å². The van der Waals surface area contributed by atoms with Crippen LogP contribution in [-0.2, 0) is 0 Å². The third-order valence-corrected chi connectivity index (χ3v) is 2.61. The van der Waals surface area contributed by atoms with Crippen molar-refractivity contribution in [2.75, 3.05) is 7.11 Å².